The minimum absolute atomic E-state index is 0.158. The summed E-state index contributed by atoms with van der Waals surface area (Å²) in [6, 6.07) is 15.1. The third-order valence-electron chi connectivity index (χ3n) is 3.17. The summed E-state index contributed by atoms with van der Waals surface area (Å²) in [6.07, 6.45) is -0.564. The van der Waals surface area contributed by atoms with Crippen LogP contribution in [0.5, 0.6) is 11.5 Å². The Morgan fingerprint density at radius 3 is 2.61 bits per heavy atom. The van der Waals surface area contributed by atoms with E-state index in [0.29, 0.717) is 18.9 Å². The highest BCUT2D eigenvalue weighted by Gasteiger charge is 2.14. The molecule has 0 radical (unpaired) electrons. The fraction of sp³-hybridized carbons (Fsp3) is 0.278. The highest BCUT2D eigenvalue weighted by molar-refractivity contribution is 9.10. The van der Waals surface area contributed by atoms with Gasteiger partial charge in [0, 0.05) is 11.0 Å². The van der Waals surface area contributed by atoms with Crippen LogP contribution >= 0.6 is 15.9 Å². The van der Waals surface area contributed by atoms with Gasteiger partial charge in [0.05, 0.1) is 6.61 Å². The summed E-state index contributed by atoms with van der Waals surface area (Å²) in [5.74, 6) is 1.31. The van der Waals surface area contributed by atoms with Crippen LogP contribution in [-0.4, -0.2) is 18.6 Å². The van der Waals surface area contributed by atoms with E-state index in [0.717, 1.165) is 15.8 Å². The van der Waals surface area contributed by atoms with Crippen LogP contribution in [0.3, 0.4) is 0 Å². The summed E-state index contributed by atoms with van der Waals surface area (Å²) < 4.78 is 12.0. The second kappa shape index (κ2) is 8.58. The zero-order valence-corrected chi connectivity index (χ0v) is 14.8. The Morgan fingerprint density at radius 2 is 1.91 bits per heavy atom. The molecule has 0 bridgehead atoms. The average molecular weight is 378 g/mol. The minimum Gasteiger partial charge on any atom is -0.494 e. The van der Waals surface area contributed by atoms with E-state index in [4.69, 9.17) is 9.47 Å². The number of amides is 1. The molecule has 0 aliphatic rings. The van der Waals surface area contributed by atoms with E-state index in [9.17, 15) is 4.79 Å². The molecule has 0 spiro atoms. The molecule has 2 aromatic carbocycles. The monoisotopic (exact) mass is 377 g/mol. The van der Waals surface area contributed by atoms with Gasteiger partial charge in [-0.1, -0.05) is 28.1 Å². The number of benzene rings is 2. The standard InChI is InChI=1S/C18H20BrNO3/c1-3-22-17-6-4-5-14(11-17)12-20-18(21)13(2)23-16-9-7-15(19)8-10-16/h4-11,13H,3,12H2,1-2H3,(H,20,21). The normalized spacial score (nSPS) is 11.6. The maximum Gasteiger partial charge on any atom is 0.261 e. The van der Waals surface area contributed by atoms with Crippen LogP contribution < -0.4 is 14.8 Å². The molecule has 1 amide bonds. The second-order valence-corrected chi connectivity index (χ2v) is 5.93. The second-order valence-electron chi connectivity index (χ2n) is 5.01. The van der Waals surface area contributed by atoms with Gasteiger partial charge in [-0.3, -0.25) is 4.79 Å². The molecule has 1 unspecified atom stereocenters. The first-order chi connectivity index (χ1) is 11.1. The Morgan fingerprint density at radius 1 is 1.17 bits per heavy atom. The van der Waals surface area contributed by atoms with Crippen molar-refractivity contribution < 1.29 is 14.3 Å². The maximum absolute atomic E-state index is 12.1. The van der Waals surface area contributed by atoms with E-state index in [1.54, 1.807) is 6.92 Å². The van der Waals surface area contributed by atoms with Crippen LogP contribution in [0.4, 0.5) is 0 Å². The van der Waals surface area contributed by atoms with Gasteiger partial charge in [0.1, 0.15) is 11.5 Å². The number of ether oxygens (including phenoxy) is 2. The molecule has 0 fully saturated rings. The Hall–Kier alpha value is -2.01. The van der Waals surface area contributed by atoms with E-state index in [1.165, 1.54) is 0 Å². The average Bonchev–Trinajstić information content (AvgIpc) is 2.55. The van der Waals surface area contributed by atoms with Gasteiger partial charge in [0.2, 0.25) is 0 Å². The van der Waals surface area contributed by atoms with Gasteiger partial charge >= 0.3 is 0 Å². The molecule has 2 rings (SSSR count). The van der Waals surface area contributed by atoms with Crippen molar-refractivity contribution in [2.24, 2.45) is 0 Å². The highest BCUT2D eigenvalue weighted by Crippen LogP contribution is 2.17. The van der Waals surface area contributed by atoms with Gasteiger partial charge in [-0.15, -0.1) is 0 Å². The zero-order chi connectivity index (χ0) is 16.7. The summed E-state index contributed by atoms with van der Waals surface area (Å²) in [6.45, 7) is 4.73. The lowest BCUT2D eigenvalue weighted by Gasteiger charge is -2.15. The van der Waals surface area contributed by atoms with Gasteiger partial charge < -0.3 is 14.8 Å². The summed E-state index contributed by atoms with van der Waals surface area (Å²) in [7, 11) is 0. The first kappa shape index (κ1) is 17.3. The summed E-state index contributed by atoms with van der Waals surface area (Å²) in [4.78, 5) is 12.1. The van der Waals surface area contributed by atoms with Gasteiger partial charge in [-0.2, -0.15) is 0 Å². The molecule has 5 heteroatoms. The van der Waals surface area contributed by atoms with Crippen molar-refractivity contribution in [1.82, 2.24) is 5.32 Å². The Bertz CT molecular complexity index is 643. The van der Waals surface area contributed by atoms with E-state index >= 15 is 0 Å². The summed E-state index contributed by atoms with van der Waals surface area (Å²) >= 11 is 3.36. The van der Waals surface area contributed by atoms with Gasteiger partial charge in [-0.05, 0) is 55.8 Å². The first-order valence-electron chi connectivity index (χ1n) is 7.50. The van der Waals surface area contributed by atoms with E-state index in [-0.39, 0.29) is 5.91 Å². The largest absolute Gasteiger partial charge is 0.494 e. The third-order valence-corrected chi connectivity index (χ3v) is 3.70. The molecule has 23 heavy (non-hydrogen) atoms. The molecular formula is C18H20BrNO3. The number of hydrogen-bond donors (Lipinski definition) is 1. The maximum atomic E-state index is 12.1. The lowest BCUT2D eigenvalue weighted by Crippen LogP contribution is -2.35. The Kier molecular flexibility index (Phi) is 6.47. The topological polar surface area (TPSA) is 47.6 Å². The fourth-order valence-corrected chi connectivity index (χ4v) is 2.28. The van der Waals surface area contributed by atoms with E-state index in [2.05, 4.69) is 21.2 Å². The van der Waals surface area contributed by atoms with Crippen molar-refractivity contribution in [2.75, 3.05) is 6.61 Å². The zero-order valence-electron chi connectivity index (χ0n) is 13.2. The van der Waals surface area contributed by atoms with Crippen molar-refractivity contribution in [3.8, 4) is 11.5 Å². The van der Waals surface area contributed by atoms with Crippen molar-refractivity contribution in [2.45, 2.75) is 26.5 Å². The van der Waals surface area contributed by atoms with Crippen molar-refractivity contribution >= 4 is 21.8 Å². The van der Waals surface area contributed by atoms with Gasteiger partial charge in [-0.25, -0.2) is 0 Å². The Balaban J connectivity index is 1.86. The highest BCUT2D eigenvalue weighted by atomic mass is 79.9. The van der Waals surface area contributed by atoms with Crippen molar-refractivity contribution in [1.29, 1.82) is 0 Å². The predicted octanol–water partition coefficient (Wildman–Crippen LogP) is 3.93. The van der Waals surface area contributed by atoms with Crippen LogP contribution in [0.25, 0.3) is 0 Å². The molecule has 2 aromatic rings. The van der Waals surface area contributed by atoms with Crippen molar-refractivity contribution in [3.05, 3.63) is 58.6 Å². The number of carbonyl (C=O) groups excluding carboxylic acids is 1. The Labute approximate surface area is 144 Å². The molecule has 122 valence electrons. The molecule has 4 nitrogen and oxygen atoms in total. The van der Waals surface area contributed by atoms with Crippen LogP contribution in [0, 0.1) is 0 Å². The summed E-state index contributed by atoms with van der Waals surface area (Å²) in [5.41, 5.74) is 0.986. The van der Waals surface area contributed by atoms with Crippen molar-refractivity contribution in [3.63, 3.8) is 0 Å². The van der Waals surface area contributed by atoms with Gasteiger partial charge in [0.25, 0.3) is 5.91 Å². The smallest absolute Gasteiger partial charge is 0.261 e. The first-order valence-corrected chi connectivity index (χ1v) is 8.29. The minimum atomic E-state index is -0.564. The van der Waals surface area contributed by atoms with Crippen LogP contribution in [0.2, 0.25) is 0 Å². The lowest BCUT2D eigenvalue weighted by atomic mass is 10.2. The molecule has 0 heterocycles. The van der Waals surface area contributed by atoms with Gasteiger partial charge in [0.15, 0.2) is 6.10 Å². The molecule has 0 aliphatic heterocycles. The van der Waals surface area contributed by atoms with Crippen LogP contribution in [0.15, 0.2) is 53.0 Å². The molecule has 1 atom stereocenters. The quantitative estimate of drug-likeness (QED) is 0.794. The SMILES string of the molecule is CCOc1cccc(CNC(=O)C(C)Oc2ccc(Br)cc2)c1. The molecule has 0 saturated carbocycles. The lowest BCUT2D eigenvalue weighted by molar-refractivity contribution is -0.127. The van der Waals surface area contributed by atoms with E-state index < -0.39 is 6.10 Å². The molecular weight excluding hydrogens is 358 g/mol. The molecule has 1 N–H and O–H groups in total. The molecule has 0 saturated heterocycles. The third kappa shape index (κ3) is 5.60. The van der Waals surface area contributed by atoms with Crippen LogP contribution in [0.1, 0.15) is 19.4 Å². The van der Waals surface area contributed by atoms with E-state index in [1.807, 2.05) is 55.5 Å². The number of hydrogen-bond acceptors (Lipinski definition) is 3. The number of nitrogens with one attached hydrogen (secondary N) is 1. The molecule has 0 aromatic heterocycles. The molecule has 0 aliphatic carbocycles. The number of carbonyl (C=O) groups is 1. The predicted molar refractivity (Wildman–Crippen MR) is 93.7 cm³/mol. The van der Waals surface area contributed by atoms with Crippen LogP contribution in [-0.2, 0) is 11.3 Å². The fourth-order valence-electron chi connectivity index (χ4n) is 2.02. The summed E-state index contributed by atoms with van der Waals surface area (Å²) in [5, 5.41) is 2.87. The number of rotatable bonds is 7. The number of halogens is 1.